The van der Waals surface area contributed by atoms with E-state index >= 15 is 0 Å². The fourth-order valence-electron chi connectivity index (χ4n) is 5.49. The van der Waals surface area contributed by atoms with Gasteiger partial charge in [-0.1, -0.05) is 42.1 Å². The summed E-state index contributed by atoms with van der Waals surface area (Å²) < 4.78 is 17.0. The second-order valence-corrected chi connectivity index (χ2v) is 11.8. The second-order valence-electron chi connectivity index (χ2n) is 10.9. The number of aliphatic imine (C=N–C) groups is 1. The van der Waals surface area contributed by atoms with Gasteiger partial charge in [0.2, 0.25) is 5.91 Å². The Hall–Kier alpha value is -4.05. The largest absolute Gasteiger partial charge is 0.466 e. The predicted molar refractivity (Wildman–Crippen MR) is 165 cm³/mol. The number of amidine groups is 1. The molecule has 0 N–H and O–H groups in total. The number of thioether (sulfide) groups is 1. The Morgan fingerprint density at radius 2 is 1.74 bits per heavy atom. The van der Waals surface area contributed by atoms with E-state index in [1.165, 1.54) is 11.8 Å². The van der Waals surface area contributed by atoms with E-state index in [0.717, 1.165) is 11.3 Å². The Kier molecular flexibility index (Phi) is 9.55. The molecule has 0 bridgehead atoms. The summed E-state index contributed by atoms with van der Waals surface area (Å²) >= 11 is 1.43. The molecule has 9 nitrogen and oxygen atoms in total. The molecular weight excluding hydrogens is 566 g/mol. The lowest BCUT2D eigenvalue weighted by atomic mass is 9.93. The molecule has 0 aliphatic carbocycles. The molecule has 0 radical (unpaired) electrons. The number of carbonyl (C=O) groups excluding carboxylic acids is 3. The first-order valence-corrected chi connectivity index (χ1v) is 15.6. The highest BCUT2D eigenvalue weighted by Crippen LogP contribution is 2.45. The zero-order chi connectivity index (χ0) is 30.5. The van der Waals surface area contributed by atoms with Gasteiger partial charge in [0.1, 0.15) is 11.5 Å². The van der Waals surface area contributed by atoms with Crippen molar-refractivity contribution in [3.05, 3.63) is 82.5 Å². The van der Waals surface area contributed by atoms with E-state index in [1.807, 2.05) is 85.7 Å². The first-order chi connectivity index (χ1) is 20.7. The zero-order valence-corrected chi connectivity index (χ0v) is 25.8. The fourth-order valence-corrected chi connectivity index (χ4v) is 6.45. The Labute approximate surface area is 256 Å². The topological polar surface area (TPSA) is 97.7 Å². The maximum absolute atomic E-state index is 13.5. The highest BCUT2D eigenvalue weighted by atomic mass is 32.2. The average molecular weight is 604 g/mol. The van der Waals surface area contributed by atoms with Crippen molar-refractivity contribution in [2.45, 2.75) is 59.1 Å². The van der Waals surface area contributed by atoms with Crippen LogP contribution >= 0.6 is 11.8 Å². The van der Waals surface area contributed by atoms with E-state index in [-0.39, 0.29) is 30.3 Å². The summed E-state index contributed by atoms with van der Waals surface area (Å²) in [5.41, 5.74) is 2.56. The van der Waals surface area contributed by atoms with Crippen molar-refractivity contribution >= 4 is 34.8 Å². The first-order valence-electron chi connectivity index (χ1n) is 14.7. The number of rotatable bonds is 9. The SMILES string of the molecule is CCOC(=O)C1CCN(C(=O)CC2=CSC3=NC(C)=C(C(=O)OC(C)C)[C@H](c4cccc(Oc5ccccc5)c4)N23)CC1. The van der Waals surface area contributed by atoms with Gasteiger partial charge in [0.05, 0.1) is 42.4 Å². The summed E-state index contributed by atoms with van der Waals surface area (Å²) in [5, 5.41) is 2.63. The van der Waals surface area contributed by atoms with Gasteiger partial charge in [0, 0.05) is 18.8 Å². The Bertz CT molecular complexity index is 1460. The van der Waals surface area contributed by atoms with Gasteiger partial charge in [-0.05, 0) is 75.8 Å². The van der Waals surface area contributed by atoms with Crippen molar-refractivity contribution in [3.8, 4) is 11.5 Å². The molecular formula is C33H37N3O6S. The van der Waals surface area contributed by atoms with Crippen LogP contribution in [0.3, 0.4) is 0 Å². The number of para-hydroxylation sites is 1. The third-order valence-corrected chi connectivity index (χ3v) is 8.40. The van der Waals surface area contributed by atoms with Crippen LogP contribution in [0.15, 0.2) is 82.0 Å². The lowest BCUT2D eigenvalue weighted by Crippen LogP contribution is -2.42. The quantitative estimate of drug-likeness (QED) is 0.313. The van der Waals surface area contributed by atoms with Crippen LogP contribution in [-0.2, 0) is 23.9 Å². The third kappa shape index (κ3) is 6.96. The van der Waals surface area contributed by atoms with E-state index in [1.54, 1.807) is 11.8 Å². The minimum Gasteiger partial charge on any atom is -0.466 e. The molecule has 0 unspecified atom stereocenters. The van der Waals surface area contributed by atoms with Crippen molar-refractivity contribution in [1.82, 2.24) is 9.80 Å². The molecule has 1 atom stereocenters. The molecule has 3 heterocycles. The normalized spacial score (nSPS) is 18.7. The number of likely N-dealkylation sites (tertiary alicyclic amines) is 1. The van der Waals surface area contributed by atoms with E-state index < -0.39 is 12.0 Å². The molecule has 1 fully saturated rings. The molecule has 0 spiro atoms. The predicted octanol–water partition coefficient (Wildman–Crippen LogP) is 6.20. The molecule has 3 aliphatic rings. The third-order valence-electron chi connectivity index (χ3n) is 7.52. The summed E-state index contributed by atoms with van der Waals surface area (Å²) in [7, 11) is 0. The number of ether oxygens (including phenoxy) is 3. The van der Waals surface area contributed by atoms with E-state index in [0.29, 0.717) is 60.5 Å². The van der Waals surface area contributed by atoms with Gasteiger partial charge < -0.3 is 24.0 Å². The average Bonchev–Trinajstić information content (AvgIpc) is 3.38. The van der Waals surface area contributed by atoms with E-state index in [4.69, 9.17) is 19.2 Å². The Morgan fingerprint density at radius 3 is 2.44 bits per heavy atom. The minimum atomic E-state index is -0.568. The van der Waals surface area contributed by atoms with Crippen molar-refractivity contribution in [3.63, 3.8) is 0 Å². The number of piperidine rings is 1. The Morgan fingerprint density at radius 1 is 1.02 bits per heavy atom. The molecule has 10 heteroatoms. The van der Waals surface area contributed by atoms with E-state index in [2.05, 4.69) is 0 Å². The minimum absolute atomic E-state index is 0.0343. The number of hydrogen-bond donors (Lipinski definition) is 0. The molecule has 1 saturated heterocycles. The van der Waals surface area contributed by atoms with Gasteiger partial charge in [-0.25, -0.2) is 9.79 Å². The number of esters is 2. The molecule has 1 amide bonds. The van der Waals surface area contributed by atoms with Crippen LogP contribution in [0, 0.1) is 5.92 Å². The number of fused-ring (bicyclic) bond motifs is 1. The summed E-state index contributed by atoms with van der Waals surface area (Å²) in [6.45, 7) is 8.59. The van der Waals surface area contributed by atoms with Crippen LogP contribution in [0.4, 0.5) is 0 Å². The number of nitrogens with zero attached hydrogens (tertiary/aromatic N) is 3. The van der Waals surface area contributed by atoms with Crippen molar-refractivity contribution < 1.29 is 28.6 Å². The van der Waals surface area contributed by atoms with Crippen LogP contribution in [0.25, 0.3) is 0 Å². The van der Waals surface area contributed by atoms with Gasteiger partial charge in [-0.15, -0.1) is 0 Å². The van der Waals surface area contributed by atoms with Gasteiger partial charge in [-0.2, -0.15) is 0 Å². The maximum atomic E-state index is 13.5. The first kappa shape index (κ1) is 30.4. The number of carbonyl (C=O) groups is 3. The van der Waals surface area contributed by atoms with Crippen molar-refractivity contribution in [2.24, 2.45) is 10.9 Å². The summed E-state index contributed by atoms with van der Waals surface area (Å²) in [4.78, 5) is 47.8. The summed E-state index contributed by atoms with van der Waals surface area (Å²) in [5.74, 6) is 0.476. The van der Waals surface area contributed by atoms with Crippen LogP contribution in [0.2, 0.25) is 0 Å². The van der Waals surface area contributed by atoms with Crippen LogP contribution < -0.4 is 4.74 Å². The highest BCUT2D eigenvalue weighted by molar-refractivity contribution is 8.16. The van der Waals surface area contributed by atoms with E-state index in [9.17, 15) is 14.4 Å². The molecule has 3 aliphatic heterocycles. The monoisotopic (exact) mass is 603 g/mol. The number of allylic oxidation sites excluding steroid dienone is 1. The molecule has 43 heavy (non-hydrogen) atoms. The molecule has 5 rings (SSSR count). The molecule has 0 aromatic heterocycles. The molecule has 2 aromatic rings. The van der Waals surface area contributed by atoms with Crippen LogP contribution in [0.1, 0.15) is 58.6 Å². The van der Waals surface area contributed by atoms with Crippen molar-refractivity contribution in [2.75, 3.05) is 19.7 Å². The standard InChI is InChI=1S/C33H37N3O6S/c1-5-40-31(38)23-14-16-35(17-15-23)28(37)19-25-20-43-33-34-22(4)29(32(39)41-21(2)3)30(36(25)33)24-10-9-13-27(18-24)42-26-11-7-6-8-12-26/h6-13,18,20-21,23,30H,5,14-17,19H2,1-4H3/t30-/m0/s1. The lowest BCUT2D eigenvalue weighted by molar-refractivity contribution is -0.151. The van der Waals surface area contributed by atoms with Crippen molar-refractivity contribution in [1.29, 1.82) is 0 Å². The highest BCUT2D eigenvalue weighted by Gasteiger charge is 2.42. The van der Waals surface area contributed by atoms with Gasteiger partial charge in [0.25, 0.3) is 0 Å². The summed E-state index contributed by atoms with van der Waals surface area (Å²) in [6, 6.07) is 16.6. The number of benzene rings is 2. The number of hydrogen-bond acceptors (Lipinski definition) is 9. The van der Waals surface area contributed by atoms with Crippen LogP contribution in [-0.4, -0.2) is 58.6 Å². The summed E-state index contributed by atoms with van der Waals surface area (Å²) in [6.07, 6.45) is 0.990. The molecule has 2 aromatic carbocycles. The zero-order valence-electron chi connectivity index (χ0n) is 24.9. The number of amides is 1. The van der Waals surface area contributed by atoms with Gasteiger partial charge in [-0.3, -0.25) is 9.59 Å². The lowest BCUT2D eigenvalue weighted by Gasteiger charge is -2.37. The second kappa shape index (κ2) is 13.5. The maximum Gasteiger partial charge on any atom is 0.338 e. The molecule has 226 valence electrons. The fraction of sp³-hybridized carbons (Fsp3) is 0.394. The Balaban J connectivity index is 1.41. The smallest absolute Gasteiger partial charge is 0.338 e. The van der Waals surface area contributed by atoms with Crippen LogP contribution in [0.5, 0.6) is 11.5 Å². The van der Waals surface area contributed by atoms with Gasteiger partial charge in [0.15, 0.2) is 5.17 Å². The molecule has 0 saturated carbocycles. The van der Waals surface area contributed by atoms with Gasteiger partial charge >= 0.3 is 11.9 Å².